The monoisotopic (exact) mass is 247 g/mol. The fraction of sp³-hybridized carbons (Fsp3) is 0.700. The number of carboxylic acids is 2. The number of nitrogens with two attached hydrogens (primary N) is 1. The highest BCUT2D eigenvalue weighted by Crippen LogP contribution is 2.17. The summed E-state index contributed by atoms with van der Waals surface area (Å²) < 4.78 is 4.86. The summed E-state index contributed by atoms with van der Waals surface area (Å²) in [6, 6.07) is 0. The first-order valence-electron chi connectivity index (χ1n) is 4.96. The number of carboxylic acid groups (broad SMARTS) is 2. The quantitative estimate of drug-likeness (QED) is 0.460. The van der Waals surface area contributed by atoms with Crippen LogP contribution in [-0.2, 0) is 19.1 Å². The summed E-state index contributed by atoms with van der Waals surface area (Å²) in [4.78, 5) is 32.9. The molecular weight excluding hydrogens is 230 g/mol. The largest absolute Gasteiger partial charge is 0.481 e. The molecule has 1 unspecified atom stereocenters. The minimum atomic E-state index is -2.33. The lowest BCUT2D eigenvalue weighted by atomic mass is 9.94. The molecule has 0 amide bonds. The van der Waals surface area contributed by atoms with Crippen molar-refractivity contribution in [3.05, 3.63) is 0 Å². The van der Waals surface area contributed by atoms with Crippen molar-refractivity contribution in [2.24, 2.45) is 5.73 Å². The van der Waals surface area contributed by atoms with Crippen LogP contribution in [0, 0.1) is 0 Å². The molecule has 0 aliphatic carbocycles. The Labute approximate surface area is 98.6 Å². The summed E-state index contributed by atoms with van der Waals surface area (Å²) >= 11 is 0. The first-order valence-corrected chi connectivity index (χ1v) is 4.96. The van der Waals surface area contributed by atoms with Gasteiger partial charge in [-0.05, 0) is 27.2 Å². The zero-order valence-electron chi connectivity index (χ0n) is 10.0. The third-order valence-electron chi connectivity index (χ3n) is 1.88. The van der Waals surface area contributed by atoms with Gasteiger partial charge in [-0.2, -0.15) is 0 Å². The third kappa shape index (κ3) is 4.81. The van der Waals surface area contributed by atoms with E-state index >= 15 is 0 Å². The van der Waals surface area contributed by atoms with E-state index in [-0.39, 0.29) is 0 Å². The van der Waals surface area contributed by atoms with Crippen LogP contribution in [0.2, 0.25) is 0 Å². The Morgan fingerprint density at radius 2 is 1.65 bits per heavy atom. The predicted molar refractivity (Wildman–Crippen MR) is 57.3 cm³/mol. The summed E-state index contributed by atoms with van der Waals surface area (Å²) in [7, 11) is 0. The first kappa shape index (κ1) is 15.4. The van der Waals surface area contributed by atoms with Crippen LogP contribution in [0.15, 0.2) is 0 Å². The van der Waals surface area contributed by atoms with Gasteiger partial charge in [0.2, 0.25) is 5.54 Å². The minimum Gasteiger partial charge on any atom is -0.481 e. The number of carbonyl (C=O) groups is 3. The zero-order valence-corrected chi connectivity index (χ0v) is 10.0. The van der Waals surface area contributed by atoms with Crippen molar-refractivity contribution in [1.82, 2.24) is 0 Å². The average molecular weight is 247 g/mol. The van der Waals surface area contributed by atoms with Crippen molar-refractivity contribution in [3.63, 3.8) is 0 Å². The van der Waals surface area contributed by atoms with Crippen LogP contribution in [0.1, 0.15) is 33.6 Å². The van der Waals surface area contributed by atoms with E-state index in [1.807, 2.05) is 0 Å². The molecule has 0 radical (unpaired) electrons. The van der Waals surface area contributed by atoms with E-state index in [2.05, 4.69) is 0 Å². The third-order valence-corrected chi connectivity index (χ3v) is 1.88. The first-order chi connectivity index (χ1) is 7.49. The smallest absolute Gasteiger partial charge is 0.338 e. The molecule has 0 aromatic carbocycles. The highest BCUT2D eigenvalue weighted by atomic mass is 16.6. The average Bonchev–Trinajstić information content (AvgIpc) is 2.10. The molecule has 0 aliphatic heterocycles. The molecule has 0 spiro atoms. The summed E-state index contributed by atoms with van der Waals surface area (Å²) in [6.07, 6.45) is -1.05. The van der Waals surface area contributed by atoms with Crippen LogP contribution >= 0.6 is 0 Å². The molecule has 0 fully saturated rings. The molecule has 7 nitrogen and oxygen atoms in total. The van der Waals surface area contributed by atoms with Crippen LogP contribution < -0.4 is 5.73 Å². The lowest BCUT2D eigenvalue weighted by Crippen LogP contribution is -2.57. The van der Waals surface area contributed by atoms with Crippen LogP contribution in [0.3, 0.4) is 0 Å². The topological polar surface area (TPSA) is 127 Å². The normalized spacial score (nSPS) is 14.8. The fourth-order valence-corrected chi connectivity index (χ4v) is 0.970. The van der Waals surface area contributed by atoms with Gasteiger partial charge in [-0.1, -0.05) is 0 Å². The van der Waals surface area contributed by atoms with Crippen LogP contribution in [0.4, 0.5) is 0 Å². The molecule has 0 saturated carbocycles. The minimum absolute atomic E-state index is 0.521. The van der Waals surface area contributed by atoms with E-state index in [4.69, 9.17) is 20.7 Å². The molecule has 4 N–H and O–H groups in total. The van der Waals surface area contributed by atoms with Crippen molar-refractivity contribution in [1.29, 1.82) is 0 Å². The summed E-state index contributed by atoms with van der Waals surface area (Å²) in [5.41, 5.74) is 2.19. The Hall–Kier alpha value is -1.63. The lowest BCUT2D eigenvalue weighted by molar-refractivity contribution is -0.169. The molecule has 0 rings (SSSR count). The standard InChI is InChI=1S/C10H17NO6/c1-9(2,3)17-8(16)10(11,7(14)15)5-4-6(12)13/h4-5,11H2,1-3H3,(H,12,13)(H,14,15). The van der Waals surface area contributed by atoms with Gasteiger partial charge in [-0.25, -0.2) is 9.59 Å². The number of carbonyl (C=O) groups excluding carboxylic acids is 1. The Balaban J connectivity index is 4.88. The molecule has 0 aromatic heterocycles. The Kier molecular flexibility index (Phi) is 4.64. The van der Waals surface area contributed by atoms with E-state index in [0.717, 1.165) is 0 Å². The summed E-state index contributed by atoms with van der Waals surface area (Å²) in [5.74, 6) is -3.98. The van der Waals surface area contributed by atoms with Gasteiger partial charge in [-0.15, -0.1) is 0 Å². The lowest BCUT2D eigenvalue weighted by Gasteiger charge is -2.27. The molecule has 17 heavy (non-hydrogen) atoms. The Morgan fingerprint density at radius 3 is 1.94 bits per heavy atom. The maximum absolute atomic E-state index is 11.6. The van der Waals surface area contributed by atoms with Crippen molar-refractivity contribution >= 4 is 17.9 Å². The number of rotatable bonds is 5. The van der Waals surface area contributed by atoms with Gasteiger partial charge in [0.25, 0.3) is 0 Å². The van der Waals surface area contributed by atoms with Crippen molar-refractivity contribution in [2.75, 3.05) is 0 Å². The molecule has 0 aromatic rings. The SMILES string of the molecule is CC(C)(C)OC(=O)C(N)(CCC(=O)O)C(=O)O. The second-order valence-electron chi connectivity index (χ2n) is 4.67. The maximum atomic E-state index is 11.6. The number of hydrogen-bond donors (Lipinski definition) is 3. The van der Waals surface area contributed by atoms with E-state index < -0.39 is 41.9 Å². The molecule has 98 valence electrons. The van der Waals surface area contributed by atoms with Gasteiger partial charge in [0, 0.05) is 6.42 Å². The van der Waals surface area contributed by atoms with Crippen molar-refractivity contribution < 1.29 is 29.3 Å². The second-order valence-corrected chi connectivity index (χ2v) is 4.67. The Morgan fingerprint density at radius 1 is 1.18 bits per heavy atom. The van der Waals surface area contributed by atoms with E-state index in [1.54, 1.807) is 20.8 Å². The highest BCUT2D eigenvalue weighted by Gasteiger charge is 2.45. The second kappa shape index (κ2) is 5.13. The number of aliphatic carboxylic acids is 2. The van der Waals surface area contributed by atoms with Crippen molar-refractivity contribution in [2.45, 2.75) is 44.8 Å². The molecule has 1 atom stereocenters. The van der Waals surface area contributed by atoms with Crippen LogP contribution in [0.5, 0.6) is 0 Å². The predicted octanol–water partition coefficient (Wildman–Crippen LogP) is -0.0250. The highest BCUT2D eigenvalue weighted by molar-refractivity contribution is 6.04. The van der Waals surface area contributed by atoms with Gasteiger partial charge in [0.05, 0.1) is 0 Å². The molecule has 0 heterocycles. The van der Waals surface area contributed by atoms with Gasteiger partial charge < -0.3 is 20.7 Å². The van der Waals surface area contributed by atoms with E-state index in [0.29, 0.717) is 0 Å². The number of hydrogen-bond acceptors (Lipinski definition) is 5. The molecule has 7 heteroatoms. The van der Waals surface area contributed by atoms with Crippen molar-refractivity contribution in [3.8, 4) is 0 Å². The van der Waals surface area contributed by atoms with Crippen LogP contribution in [0.25, 0.3) is 0 Å². The van der Waals surface area contributed by atoms with Crippen LogP contribution in [-0.4, -0.2) is 39.3 Å². The fourth-order valence-electron chi connectivity index (χ4n) is 0.970. The summed E-state index contributed by atoms with van der Waals surface area (Å²) in [5, 5.41) is 17.4. The molecular formula is C10H17NO6. The number of esters is 1. The van der Waals surface area contributed by atoms with Gasteiger partial charge in [0.15, 0.2) is 0 Å². The summed E-state index contributed by atoms with van der Waals surface area (Å²) in [6.45, 7) is 4.68. The van der Waals surface area contributed by atoms with Gasteiger partial charge in [0.1, 0.15) is 5.60 Å². The zero-order chi connectivity index (χ0) is 13.9. The maximum Gasteiger partial charge on any atom is 0.338 e. The van der Waals surface area contributed by atoms with Gasteiger partial charge in [-0.3, -0.25) is 4.79 Å². The number of ether oxygens (including phenoxy) is 1. The van der Waals surface area contributed by atoms with Gasteiger partial charge >= 0.3 is 17.9 Å². The molecule has 0 aliphatic rings. The van der Waals surface area contributed by atoms with E-state index in [9.17, 15) is 14.4 Å². The Bertz CT molecular complexity index is 332. The van der Waals surface area contributed by atoms with E-state index in [1.165, 1.54) is 0 Å². The molecule has 0 saturated heterocycles. The molecule has 0 bridgehead atoms.